The number of benzene rings is 2. The second-order valence-corrected chi connectivity index (χ2v) is 8.84. The van der Waals surface area contributed by atoms with E-state index in [2.05, 4.69) is 0 Å². The van der Waals surface area contributed by atoms with Crippen molar-refractivity contribution < 1.29 is 28.9 Å². The zero-order valence-electron chi connectivity index (χ0n) is 19.8. The third kappa shape index (κ3) is 4.88. The van der Waals surface area contributed by atoms with Gasteiger partial charge in [-0.25, -0.2) is 0 Å². The summed E-state index contributed by atoms with van der Waals surface area (Å²) in [5.74, 6) is -0.0921. The van der Waals surface area contributed by atoms with Crippen LogP contribution >= 0.6 is 11.3 Å². The number of hydrogen-bond donors (Lipinski definition) is 1. The maximum absolute atomic E-state index is 13.3. The van der Waals surface area contributed by atoms with E-state index in [9.17, 15) is 14.7 Å². The Kier molecular flexibility index (Phi) is 7.41. The number of carbonyl (C=O) groups is 2. The van der Waals surface area contributed by atoms with Crippen molar-refractivity contribution in [3.8, 4) is 17.2 Å². The van der Waals surface area contributed by atoms with E-state index in [0.717, 1.165) is 4.88 Å². The number of nitrogens with zero attached hydrogens (tertiary/aromatic N) is 1. The summed E-state index contributed by atoms with van der Waals surface area (Å²) in [5.41, 5.74) is 1.02. The SMILES string of the molecule is CCOc1ccc(/C(O)=C2/C(=O)C(=O)N(Cc3cccs3)C2c2ccc(OC)cc2)c(OCC)c1. The van der Waals surface area contributed by atoms with Gasteiger partial charge in [0, 0.05) is 10.9 Å². The van der Waals surface area contributed by atoms with Gasteiger partial charge in [-0.3, -0.25) is 9.59 Å². The first-order valence-electron chi connectivity index (χ1n) is 11.3. The van der Waals surface area contributed by atoms with E-state index in [4.69, 9.17) is 14.2 Å². The molecule has 0 aliphatic carbocycles. The van der Waals surface area contributed by atoms with Crippen LogP contribution in [-0.4, -0.2) is 42.0 Å². The van der Waals surface area contributed by atoms with Crippen LogP contribution in [0, 0.1) is 0 Å². The largest absolute Gasteiger partial charge is 0.507 e. The molecule has 35 heavy (non-hydrogen) atoms. The number of methoxy groups -OCH3 is 1. The number of aliphatic hydroxyl groups is 1. The molecular formula is C27H27NO6S. The molecule has 4 rings (SSSR count). The average Bonchev–Trinajstić information content (AvgIpc) is 3.47. The number of thiophene rings is 1. The Hall–Kier alpha value is -3.78. The predicted octanol–water partition coefficient (Wildman–Crippen LogP) is 5.18. The number of ether oxygens (including phenoxy) is 3. The van der Waals surface area contributed by atoms with Crippen molar-refractivity contribution in [1.29, 1.82) is 0 Å². The molecule has 0 saturated carbocycles. The molecular weight excluding hydrogens is 466 g/mol. The van der Waals surface area contributed by atoms with Gasteiger partial charge in [0.1, 0.15) is 23.0 Å². The molecule has 1 unspecified atom stereocenters. The molecule has 3 aromatic rings. The fourth-order valence-electron chi connectivity index (χ4n) is 4.12. The Bertz CT molecular complexity index is 1230. The predicted molar refractivity (Wildman–Crippen MR) is 134 cm³/mol. The third-order valence-electron chi connectivity index (χ3n) is 5.70. The minimum absolute atomic E-state index is 0.0156. The van der Waals surface area contributed by atoms with E-state index in [1.54, 1.807) is 49.6 Å². The summed E-state index contributed by atoms with van der Waals surface area (Å²) in [4.78, 5) is 28.9. The standard InChI is InChI=1S/C27H27NO6S/c1-4-33-19-12-13-21(22(15-19)34-5-2)25(29)23-24(17-8-10-18(32-3)11-9-17)28(27(31)26(23)30)16-20-7-6-14-35-20/h6-15,24,29H,4-5,16H2,1-3H3/b25-23-. The van der Waals surface area contributed by atoms with Gasteiger partial charge in [-0.2, -0.15) is 0 Å². The highest BCUT2D eigenvalue weighted by Gasteiger charge is 2.46. The van der Waals surface area contributed by atoms with E-state index in [0.29, 0.717) is 41.6 Å². The Morgan fingerprint density at radius 1 is 1.00 bits per heavy atom. The summed E-state index contributed by atoms with van der Waals surface area (Å²) in [6.45, 7) is 4.77. The van der Waals surface area contributed by atoms with E-state index in [1.165, 1.54) is 16.2 Å². The molecule has 1 aliphatic heterocycles. The lowest BCUT2D eigenvalue weighted by Crippen LogP contribution is -2.28. The Labute approximate surface area is 208 Å². The smallest absolute Gasteiger partial charge is 0.295 e. The third-order valence-corrected chi connectivity index (χ3v) is 6.56. The Morgan fingerprint density at radius 2 is 1.71 bits per heavy atom. The highest BCUT2D eigenvalue weighted by Crippen LogP contribution is 2.42. The first-order chi connectivity index (χ1) is 17.0. The average molecular weight is 494 g/mol. The van der Waals surface area contributed by atoms with Crippen LogP contribution in [0.3, 0.4) is 0 Å². The van der Waals surface area contributed by atoms with Crippen molar-refractivity contribution >= 4 is 28.8 Å². The van der Waals surface area contributed by atoms with Crippen molar-refractivity contribution in [2.24, 2.45) is 0 Å². The quantitative estimate of drug-likeness (QED) is 0.251. The lowest BCUT2D eigenvalue weighted by atomic mass is 9.95. The molecule has 2 aromatic carbocycles. The molecule has 8 heteroatoms. The fraction of sp³-hybridized carbons (Fsp3) is 0.259. The number of rotatable bonds is 9. The monoisotopic (exact) mass is 493 g/mol. The number of ketones is 1. The van der Waals surface area contributed by atoms with E-state index < -0.39 is 17.7 Å². The van der Waals surface area contributed by atoms with Gasteiger partial charge in [0.05, 0.1) is 44.0 Å². The second-order valence-electron chi connectivity index (χ2n) is 7.80. The molecule has 1 aromatic heterocycles. The van der Waals surface area contributed by atoms with Crippen LogP contribution < -0.4 is 14.2 Å². The summed E-state index contributed by atoms with van der Waals surface area (Å²) >= 11 is 1.50. The summed E-state index contributed by atoms with van der Waals surface area (Å²) in [6.07, 6.45) is 0. The number of carbonyl (C=O) groups excluding carboxylic acids is 2. The van der Waals surface area contributed by atoms with E-state index in [-0.39, 0.29) is 17.9 Å². The number of Topliss-reactive ketones (excluding diaryl/α,β-unsaturated/α-hetero) is 1. The first-order valence-corrected chi connectivity index (χ1v) is 12.2. The molecule has 7 nitrogen and oxygen atoms in total. The minimum atomic E-state index is -0.774. The van der Waals surface area contributed by atoms with Crippen LogP contribution in [-0.2, 0) is 16.1 Å². The zero-order chi connectivity index (χ0) is 24.9. The molecule has 1 fully saturated rings. The molecule has 1 saturated heterocycles. The van der Waals surface area contributed by atoms with Gasteiger partial charge >= 0.3 is 0 Å². The van der Waals surface area contributed by atoms with E-state index >= 15 is 0 Å². The van der Waals surface area contributed by atoms with Crippen LogP contribution in [0.4, 0.5) is 0 Å². The molecule has 0 spiro atoms. The number of hydrogen-bond acceptors (Lipinski definition) is 7. The second kappa shape index (κ2) is 10.7. The van der Waals surface area contributed by atoms with Gasteiger partial charge in [-0.1, -0.05) is 18.2 Å². The van der Waals surface area contributed by atoms with Crippen molar-refractivity contribution in [2.45, 2.75) is 26.4 Å². The molecule has 0 bridgehead atoms. The molecule has 1 atom stereocenters. The summed E-state index contributed by atoms with van der Waals surface area (Å²) in [7, 11) is 1.57. The van der Waals surface area contributed by atoms with E-state index in [1.807, 2.05) is 31.4 Å². The van der Waals surface area contributed by atoms with Crippen LogP contribution in [0.1, 0.15) is 35.9 Å². The summed E-state index contributed by atoms with van der Waals surface area (Å²) in [6, 6.07) is 15.2. The zero-order valence-corrected chi connectivity index (χ0v) is 20.6. The molecule has 1 aliphatic rings. The summed E-state index contributed by atoms with van der Waals surface area (Å²) < 4.78 is 16.6. The van der Waals surface area contributed by atoms with Crippen LogP contribution in [0.15, 0.2) is 65.6 Å². The lowest BCUT2D eigenvalue weighted by Gasteiger charge is -2.25. The van der Waals surface area contributed by atoms with Gasteiger partial charge in [0.2, 0.25) is 0 Å². The maximum atomic E-state index is 13.3. The topological polar surface area (TPSA) is 85.3 Å². The minimum Gasteiger partial charge on any atom is -0.507 e. The van der Waals surface area contributed by atoms with Gasteiger partial charge in [-0.05, 0) is 55.1 Å². The fourth-order valence-corrected chi connectivity index (χ4v) is 4.82. The Balaban J connectivity index is 1.87. The highest BCUT2D eigenvalue weighted by atomic mass is 32.1. The van der Waals surface area contributed by atoms with Crippen LogP contribution in [0.2, 0.25) is 0 Å². The van der Waals surface area contributed by atoms with Crippen molar-refractivity contribution in [2.75, 3.05) is 20.3 Å². The lowest BCUT2D eigenvalue weighted by molar-refractivity contribution is -0.140. The highest BCUT2D eigenvalue weighted by molar-refractivity contribution is 7.09. The van der Waals surface area contributed by atoms with Crippen LogP contribution in [0.5, 0.6) is 17.2 Å². The normalized spacial score (nSPS) is 17.0. The number of likely N-dealkylation sites (tertiary alicyclic amines) is 1. The molecule has 182 valence electrons. The first kappa shape index (κ1) is 24.3. The summed E-state index contributed by atoms with van der Waals surface area (Å²) in [5, 5.41) is 13.4. The molecule has 1 amide bonds. The van der Waals surface area contributed by atoms with Gasteiger partial charge in [0.15, 0.2) is 0 Å². The molecule has 0 radical (unpaired) electrons. The van der Waals surface area contributed by atoms with Gasteiger partial charge < -0.3 is 24.2 Å². The van der Waals surface area contributed by atoms with Crippen molar-refractivity contribution in [3.05, 3.63) is 81.6 Å². The number of amides is 1. The number of aliphatic hydroxyl groups excluding tert-OH is 1. The molecule has 1 N–H and O–H groups in total. The molecule has 2 heterocycles. The van der Waals surface area contributed by atoms with Gasteiger partial charge in [0.25, 0.3) is 11.7 Å². The van der Waals surface area contributed by atoms with Crippen LogP contribution in [0.25, 0.3) is 5.76 Å². The van der Waals surface area contributed by atoms with Gasteiger partial charge in [-0.15, -0.1) is 11.3 Å². The van der Waals surface area contributed by atoms with Crippen molar-refractivity contribution in [3.63, 3.8) is 0 Å². The maximum Gasteiger partial charge on any atom is 0.295 e. The Morgan fingerprint density at radius 3 is 2.34 bits per heavy atom. The van der Waals surface area contributed by atoms with Crippen molar-refractivity contribution in [1.82, 2.24) is 4.90 Å².